The maximum atomic E-state index is 12.8. The topological polar surface area (TPSA) is 52.6 Å². The highest BCUT2D eigenvalue weighted by Crippen LogP contribution is 2.44. The molecule has 0 saturated heterocycles. The van der Waals surface area contributed by atoms with E-state index in [4.69, 9.17) is 4.74 Å². The zero-order valence-electron chi connectivity index (χ0n) is 20.4. The summed E-state index contributed by atoms with van der Waals surface area (Å²) >= 11 is 0. The largest absolute Gasteiger partial charge is 0.534 e. The van der Waals surface area contributed by atoms with Crippen LogP contribution in [0.1, 0.15) is 41.5 Å². The van der Waals surface area contributed by atoms with Gasteiger partial charge in [0.15, 0.2) is 0 Å². The van der Waals surface area contributed by atoms with Crippen LogP contribution in [0.25, 0.3) is 11.1 Å². The highest BCUT2D eigenvalue weighted by atomic mass is 32.2. The van der Waals surface area contributed by atoms with Crippen LogP contribution < -0.4 is 4.74 Å². The minimum Gasteiger partial charge on any atom is -0.489 e. The number of aryl methyl sites for hydroxylation is 1. The smallest absolute Gasteiger partial charge is 0.489 e. The molecular weight excluding hydrogens is 513 g/mol. The molecule has 0 fully saturated rings. The lowest BCUT2D eigenvalue weighted by molar-refractivity contribution is -0.0523. The molecule has 4 nitrogen and oxygen atoms in total. The number of ether oxygens (including phenoxy) is 1. The van der Waals surface area contributed by atoms with Crippen LogP contribution in [0, 0.1) is 0 Å². The molecule has 196 valence electrons. The molecule has 0 radical (unpaired) electrons. The third-order valence-corrected chi connectivity index (χ3v) is 7.60. The zero-order chi connectivity index (χ0) is 26.8. The minimum absolute atomic E-state index is 0.0420. The molecule has 0 spiro atoms. The number of rotatable bonds is 7. The molecule has 0 aliphatic heterocycles. The molecular formula is C30H25F3O4S. The number of alkyl halides is 3. The lowest BCUT2D eigenvalue weighted by atomic mass is 9.77. The van der Waals surface area contributed by atoms with Gasteiger partial charge in [-0.15, -0.1) is 0 Å². The minimum atomic E-state index is -5.70. The van der Waals surface area contributed by atoms with Gasteiger partial charge in [0.25, 0.3) is 0 Å². The number of hydrogen-bond acceptors (Lipinski definition) is 4. The van der Waals surface area contributed by atoms with Crippen molar-refractivity contribution in [3.05, 3.63) is 125 Å². The first kappa shape index (κ1) is 25.9. The van der Waals surface area contributed by atoms with Crippen LogP contribution in [0.5, 0.6) is 5.75 Å². The second kappa shape index (κ2) is 10.5. The van der Waals surface area contributed by atoms with Gasteiger partial charge in [0.05, 0.1) is 0 Å². The lowest BCUT2D eigenvalue weighted by Crippen LogP contribution is -2.25. The Morgan fingerprint density at radius 1 is 0.789 bits per heavy atom. The van der Waals surface area contributed by atoms with E-state index in [0.29, 0.717) is 13.0 Å². The van der Waals surface area contributed by atoms with Crippen molar-refractivity contribution < 1.29 is 30.5 Å². The van der Waals surface area contributed by atoms with Gasteiger partial charge in [0.1, 0.15) is 18.1 Å². The molecule has 0 heterocycles. The van der Waals surface area contributed by atoms with Gasteiger partial charge in [-0.2, -0.15) is 21.6 Å². The summed E-state index contributed by atoms with van der Waals surface area (Å²) in [4.78, 5) is 0. The van der Waals surface area contributed by atoms with Crippen molar-refractivity contribution in [3.63, 3.8) is 0 Å². The van der Waals surface area contributed by atoms with Crippen molar-refractivity contribution in [2.24, 2.45) is 0 Å². The fraction of sp³-hybridized carbons (Fsp3) is 0.200. The van der Waals surface area contributed by atoms with Crippen LogP contribution in [-0.2, 0) is 27.3 Å². The third-order valence-electron chi connectivity index (χ3n) is 6.60. The average Bonchev–Trinajstić information content (AvgIpc) is 2.92. The maximum absolute atomic E-state index is 12.8. The second-order valence-corrected chi connectivity index (χ2v) is 10.7. The zero-order valence-corrected chi connectivity index (χ0v) is 21.2. The Bertz CT molecular complexity index is 1520. The van der Waals surface area contributed by atoms with Crippen LogP contribution in [0.3, 0.4) is 0 Å². The fourth-order valence-corrected chi connectivity index (χ4v) is 5.29. The summed E-state index contributed by atoms with van der Waals surface area (Å²) < 4.78 is 71.6. The summed E-state index contributed by atoms with van der Waals surface area (Å²) in [6.45, 7) is 0.456. The molecule has 0 bridgehead atoms. The van der Waals surface area contributed by atoms with Crippen molar-refractivity contribution in [2.45, 2.75) is 37.8 Å². The number of benzene rings is 3. The van der Waals surface area contributed by atoms with E-state index in [0.717, 1.165) is 57.6 Å². The molecule has 8 heteroatoms. The van der Waals surface area contributed by atoms with Crippen LogP contribution in [-0.4, -0.2) is 13.9 Å². The van der Waals surface area contributed by atoms with Crippen LogP contribution in [0.2, 0.25) is 0 Å². The van der Waals surface area contributed by atoms with E-state index in [2.05, 4.69) is 4.18 Å². The SMILES string of the molecule is O=S(=O)(OC1=CC=C(C2=C(c3ccccc3)CCc3cc(OCc4ccccc4)ccc32)CC1)C(F)(F)F. The van der Waals surface area contributed by atoms with Crippen LogP contribution >= 0.6 is 0 Å². The van der Waals surface area contributed by atoms with Crippen molar-refractivity contribution in [3.8, 4) is 5.75 Å². The first-order valence-electron chi connectivity index (χ1n) is 12.2. The Hall–Kier alpha value is -3.78. The van der Waals surface area contributed by atoms with E-state index < -0.39 is 15.6 Å². The Morgan fingerprint density at radius 2 is 1.50 bits per heavy atom. The van der Waals surface area contributed by atoms with E-state index in [-0.39, 0.29) is 12.2 Å². The number of halogens is 3. The lowest BCUT2D eigenvalue weighted by Gasteiger charge is -2.28. The van der Waals surface area contributed by atoms with E-state index in [9.17, 15) is 21.6 Å². The summed E-state index contributed by atoms with van der Waals surface area (Å²) in [6.07, 6.45) is 4.96. The normalized spacial score (nSPS) is 15.9. The summed E-state index contributed by atoms with van der Waals surface area (Å²) in [5, 5.41) is 0. The fourth-order valence-electron chi connectivity index (χ4n) is 4.78. The molecule has 0 saturated carbocycles. The molecule has 38 heavy (non-hydrogen) atoms. The van der Waals surface area contributed by atoms with Crippen molar-refractivity contribution in [2.75, 3.05) is 0 Å². The van der Waals surface area contributed by atoms with Crippen molar-refractivity contribution >= 4 is 21.3 Å². The first-order valence-corrected chi connectivity index (χ1v) is 13.6. The average molecular weight is 539 g/mol. The van der Waals surface area contributed by atoms with Crippen LogP contribution in [0.15, 0.2) is 102 Å². The van der Waals surface area contributed by atoms with E-state index in [1.165, 1.54) is 6.08 Å². The van der Waals surface area contributed by atoms with Gasteiger partial charge >= 0.3 is 15.6 Å². The molecule has 2 aliphatic carbocycles. The third kappa shape index (κ3) is 5.55. The Morgan fingerprint density at radius 3 is 2.16 bits per heavy atom. The van der Waals surface area contributed by atoms with Gasteiger partial charge in [-0.25, -0.2) is 0 Å². The maximum Gasteiger partial charge on any atom is 0.534 e. The molecule has 0 unspecified atom stereocenters. The second-order valence-electron chi connectivity index (χ2n) is 9.12. The Balaban J connectivity index is 1.48. The van der Waals surface area contributed by atoms with Gasteiger partial charge in [-0.3, -0.25) is 0 Å². The van der Waals surface area contributed by atoms with Gasteiger partial charge < -0.3 is 8.92 Å². The van der Waals surface area contributed by atoms with E-state index in [1.807, 2.05) is 78.9 Å². The number of fused-ring (bicyclic) bond motifs is 1. The summed E-state index contributed by atoms with van der Waals surface area (Å²) in [5.74, 6) is 0.536. The van der Waals surface area contributed by atoms with Gasteiger partial charge in [-0.1, -0.05) is 72.8 Å². The molecule has 0 N–H and O–H groups in total. The molecule has 0 atom stereocenters. The Kier molecular flexibility index (Phi) is 7.17. The molecule has 5 rings (SSSR count). The van der Waals surface area contributed by atoms with Crippen molar-refractivity contribution in [1.82, 2.24) is 0 Å². The molecule has 2 aliphatic rings. The quantitative estimate of drug-likeness (QED) is 0.230. The standard InChI is InChI=1S/C30H25F3O4S/c31-30(32,33)38(34,35)37-25-14-11-23(12-15-25)29-27(22-9-5-2-6-10-22)17-13-24-19-26(16-18-28(24)29)36-20-21-7-3-1-4-8-21/h1-11,14,16,18-19H,12-13,15,17,20H2. The number of hydrogen-bond donors (Lipinski definition) is 0. The molecule has 0 amide bonds. The first-order chi connectivity index (χ1) is 18.2. The van der Waals surface area contributed by atoms with E-state index >= 15 is 0 Å². The van der Waals surface area contributed by atoms with Crippen LogP contribution in [0.4, 0.5) is 13.2 Å². The predicted octanol–water partition coefficient (Wildman–Crippen LogP) is 7.59. The van der Waals surface area contributed by atoms with E-state index in [1.54, 1.807) is 6.08 Å². The molecule has 3 aromatic carbocycles. The van der Waals surface area contributed by atoms with Gasteiger partial charge in [0.2, 0.25) is 0 Å². The monoisotopic (exact) mass is 538 g/mol. The van der Waals surface area contributed by atoms with Gasteiger partial charge in [-0.05, 0) is 76.4 Å². The van der Waals surface area contributed by atoms with Crippen molar-refractivity contribution in [1.29, 1.82) is 0 Å². The Labute approximate surface area is 219 Å². The predicted molar refractivity (Wildman–Crippen MR) is 140 cm³/mol. The summed E-state index contributed by atoms with van der Waals surface area (Å²) in [7, 11) is -5.70. The number of allylic oxidation sites excluding steroid dienone is 6. The van der Waals surface area contributed by atoms with Gasteiger partial charge in [0, 0.05) is 6.42 Å². The molecule has 3 aromatic rings. The summed E-state index contributed by atoms with van der Waals surface area (Å²) in [6, 6.07) is 25.9. The molecule has 0 aromatic heterocycles. The highest BCUT2D eigenvalue weighted by Gasteiger charge is 2.48. The highest BCUT2D eigenvalue weighted by molar-refractivity contribution is 7.87. The summed E-state index contributed by atoms with van der Waals surface area (Å²) in [5.41, 5.74) is 1.91.